The molecule has 2 heterocycles. The molecule has 0 fully saturated rings. The third kappa shape index (κ3) is 5.88. The molecule has 2 radical (unpaired) electrons. The predicted octanol–water partition coefficient (Wildman–Crippen LogP) is -1.42. The molecule has 0 aromatic carbocycles. The van der Waals surface area contributed by atoms with Gasteiger partial charge in [0.05, 0.1) is 6.61 Å². The Morgan fingerprint density at radius 1 is 1.43 bits per heavy atom. The summed E-state index contributed by atoms with van der Waals surface area (Å²) in [5.41, 5.74) is -0.491. The van der Waals surface area contributed by atoms with Crippen LogP contribution in [0.3, 0.4) is 0 Å². The minimum atomic E-state index is -0.569. The number of aliphatic hydroxyl groups excluding tert-OH is 2. The zero-order chi connectivity index (χ0) is 15.1. The smallest absolute Gasteiger partial charge is 0 e. The van der Waals surface area contributed by atoms with Crippen LogP contribution in [0.15, 0.2) is 32.8 Å². The van der Waals surface area contributed by atoms with E-state index in [-0.39, 0.29) is 46.0 Å². The van der Waals surface area contributed by atoms with Gasteiger partial charge >= 0.3 is 30.1 Å². The van der Waals surface area contributed by atoms with E-state index in [0.29, 0.717) is 5.56 Å². The summed E-state index contributed by atoms with van der Waals surface area (Å²) in [6.07, 6.45) is 3.82. The molecular weight excluding hydrogens is 354 g/mol. The van der Waals surface area contributed by atoms with E-state index in [0.717, 1.165) is 0 Å². The van der Waals surface area contributed by atoms with Crippen molar-refractivity contribution < 1.29 is 47.7 Å². The van der Waals surface area contributed by atoms with Gasteiger partial charge in [-0.1, -0.05) is 6.08 Å². The summed E-state index contributed by atoms with van der Waals surface area (Å²) < 4.78 is 6.63. The van der Waals surface area contributed by atoms with Crippen LogP contribution in [0.4, 0.5) is 0 Å². The van der Waals surface area contributed by atoms with Gasteiger partial charge in [0.2, 0.25) is 0 Å². The quantitative estimate of drug-likeness (QED) is 0.447. The number of aliphatic hydroxyl groups is 2. The molecule has 0 aliphatic carbocycles. The van der Waals surface area contributed by atoms with Gasteiger partial charge in [0.1, 0.15) is 6.10 Å². The molecule has 0 amide bonds. The van der Waals surface area contributed by atoms with Crippen molar-refractivity contribution in [3.63, 3.8) is 0 Å². The molecule has 21 heavy (non-hydrogen) atoms. The number of hydrogen-bond donors (Lipinski definition) is 3. The average molecular weight is 369 g/mol. The number of aromatic amines is 1. The Kier molecular flexibility index (Phi) is 9.72. The van der Waals surface area contributed by atoms with Crippen LogP contribution in [0.5, 0.6) is 0 Å². The first kappa shape index (κ1) is 20.3. The maximum Gasteiger partial charge on any atom is 0 e. The Labute approximate surface area is 146 Å². The maximum absolute atomic E-state index is 11.5. The summed E-state index contributed by atoms with van der Waals surface area (Å²) in [4.78, 5) is 27.6. The van der Waals surface area contributed by atoms with Crippen molar-refractivity contribution in [2.45, 2.75) is 19.3 Å². The van der Waals surface area contributed by atoms with Gasteiger partial charge in [-0.3, -0.25) is 14.3 Å². The van der Waals surface area contributed by atoms with Crippen molar-refractivity contribution >= 4 is 7.64 Å². The van der Waals surface area contributed by atoms with Gasteiger partial charge in [-0.05, 0) is 13.0 Å². The molecule has 0 saturated carbocycles. The van der Waals surface area contributed by atoms with Crippen molar-refractivity contribution in [2.75, 3.05) is 13.3 Å². The van der Waals surface area contributed by atoms with Gasteiger partial charge in [-0.15, -0.1) is 0 Å². The van der Waals surface area contributed by atoms with Gasteiger partial charge in [0.15, 0.2) is 6.23 Å². The first-order chi connectivity index (χ1) is 9.53. The fourth-order valence-corrected chi connectivity index (χ4v) is 1.53. The van der Waals surface area contributed by atoms with E-state index in [1.165, 1.54) is 10.8 Å². The molecule has 8 nitrogen and oxygen atoms in total. The van der Waals surface area contributed by atoms with Gasteiger partial charge in [0.25, 0.3) is 5.56 Å². The summed E-state index contributed by atoms with van der Waals surface area (Å²) in [6, 6.07) is 0. The Morgan fingerprint density at radius 2 is 2.05 bits per heavy atom. The number of rotatable bonds is 3. The van der Waals surface area contributed by atoms with Gasteiger partial charge in [-0.2, -0.15) is 0 Å². The molecule has 3 N–H and O–H groups in total. The van der Waals surface area contributed by atoms with Crippen LogP contribution >= 0.6 is 0 Å². The van der Waals surface area contributed by atoms with E-state index in [1.54, 1.807) is 19.1 Å². The molecule has 0 bridgehead atoms. The van der Waals surface area contributed by atoms with Crippen molar-refractivity contribution in [1.82, 2.24) is 9.55 Å². The minimum absolute atomic E-state index is 0. The fourth-order valence-electron chi connectivity index (χ4n) is 1.53. The molecule has 1 aromatic rings. The largest absolute Gasteiger partial charge is 0 e. The summed E-state index contributed by atoms with van der Waals surface area (Å²) in [7, 11) is 4.40. The number of hydrogen-bond acceptors (Lipinski definition) is 6. The average Bonchev–Trinajstić information content (AvgIpc) is 2.92. The first-order valence-corrected chi connectivity index (χ1v) is 5.77. The van der Waals surface area contributed by atoms with Crippen molar-refractivity contribution in [2.24, 2.45) is 4.90 Å². The Hall–Kier alpha value is -0.731. The molecule has 2 rings (SSSR count). The normalized spacial score (nSPS) is 19.3. The molecule has 0 saturated heterocycles. The van der Waals surface area contributed by atoms with Crippen LogP contribution in [0.1, 0.15) is 11.8 Å². The van der Waals surface area contributed by atoms with E-state index in [2.05, 4.69) is 17.5 Å². The number of nitrogens with one attached hydrogen (secondary N) is 1. The summed E-state index contributed by atoms with van der Waals surface area (Å²) >= 11 is 0. The number of aromatic nitrogens is 2. The second-order valence-corrected chi connectivity index (χ2v) is 3.94. The molecule has 10 heteroatoms. The Balaban J connectivity index is 0.000000715. The summed E-state index contributed by atoms with van der Waals surface area (Å²) in [5.74, 6) is 0. The third-order valence-electron chi connectivity index (χ3n) is 2.49. The maximum atomic E-state index is 11.5. The number of ether oxygens (including phenoxy) is 1. The van der Waals surface area contributed by atoms with Crippen molar-refractivity contribution in [1.29, 1.82) is 0 Å². The first-order valence-electron chi connectivity index (χ1n) is 5.77. The predicted molar refractivity (Wildman–Crippen MR) is 71.5 cm³/mol. The van der Waals surface area contributed by atoms with Crippen LogP contribution in [-0.4, -0.2) is 46.8 Å². The SMILES string of the molecule is Cc1cn([C@H]2C=C[C@@H](CO)O2)c(=O)[nH]c1=O.[B]=NCO.[Y]. The molecule has 0 unspecified atom stereocenters. The van der Waals surface area contributed by atoms with Crippen LogP contribution < -0.4 is 11.2 Å². The Bertz CT molecular complexity index is 600. The number of nitrogens with zero attached hydrogens (tertiary/aromatic N) is 2. The van der Waals surface area contributed by atoms with Crippen LogP contribution in [-0.2, 0) is 37.4 Å². The molecule has 1 aliphatic rings. The van der Waals surface area contributed by atoms with E-state index in [4.69, 9.17) is 14.9 Å². The van der Waals surface area contributed by atoms with E-state index in [1.807, 2.05) is 0 Å². The van der Waals surface area contributed by atoms with Crippen LogP contribution in [0.25, 0.3) is 0 Å². The van der Waals surface area contributed by atoms with Gasteiger partial charge in [0, 0.05) is 44.5 Å². The minimum Gasteiger partial charge on any atom is 0 e. The molecule has 0 spiro atoms. The van der Waals surface area contributed by atoms with Crippen molar-refractivity contribution in [3.05, 3.63) is 44.8 Å². The van der Waals surface area contributed by atoms with Crippen LogP contribution in [0.2, 0.25) is 0 Å². The Morgan fingerprint density at radius 3 is 2.52 bits per heavy atom. The van der Waals surface area contributed by atoms with E-state index >= 15 is 0 Å². The van der Waals surface area contributed by atoms with Gasteiger partial charge < -0.3 is 9.84 Å². The molecule has 110 valence electrons. The molecule has 2 atom stereocenters. The zero-order valence-corrected chi connectivity index (χ0v) is 14.3. The number of aryl methyl sites for hydroxylation is 1. The standard InChI is InChI=1S/C10H12N2O4.CH3BNO.Y/c1-6-4-12(10(15)11-9(6)14)8-3-2-7(5-13)16-8;2-3-1-4;/h2-4,7-8,13H,5H2,1H3,(H,11,14,15);4H,1H2;/t7-,8+;;/m0../s1. The second-order valence-electron chi connectivity index (χ2n) is 3.94. The van der Waals surface area contributed by atoms with Crippen molar-refractivity contribution in [3.8, 4) is 0 Å². The topological polar surface area (TPSA) is 117 Å². The fraction of sp³-hybridized carbons (Fsp3) is 0.455. The third-order valence-corrected chi connectivity index (χ3v) is 2.49. The molecule has 1 aromatic heterocycles. The van der Waals surface area contributed by atoms with Crippen LogP contribution in [0, 0.1) is 6.92 Å². The van der Waals surface area contributed by atoms with E-state index < -0.39 is 23.6 Å². The molecule has 1 aliphatic heterocycles. The monoisotopic (exact) mass is 369 g/mol. The molecular formula is C11H15BN3O5Y. The second kappa shape index (κ2) is 10.1. The number of H-pyrrole nitrogens is 1. The summed E-state index contributed by atoms with van der Waals surface area (Å²) in [6.45, 7) is 1.20. The zero-order valence-electron chi connectivity index (χ0n) is 11.5. The summed E-state index contributed by atoms with van der Waals surface area (Å²) in [5, 5.41) is 16.5. The van der Waals surface area contributed by atoms with E-state index in [9.17, 15) is 9.59 Å². The van der Waals surface area contributed by atoms with Gasteiger partial charge in [-0.25, -0.2) is 4.79 Å².